The monoisotopic (exact) mass is 310 g/mol. The van der Waals surface area contributed by atoms with Crippen molar-refractivity contribution in [1.29, 1.82) is 0 Å². The zero-order chi connectivity index (χ0) is 11.1. The van der Waals surface area contributed by atoms with Crippen LogP contribution >= 0.6 is 0 Å². The van der Waals surface area contributed by atoms with Crippen LogP contribution in [-0.4, -0.2) is 9.97 Å². The van der Waals surface area contributed by atoms with E-state index in [1.807, 2.05) is 24.5 Å². The summed E-state index contributed by atoms with van der Waals surface area (Å²) in [5.41, 5.74) is 4.49. The first-order chi connectivity index (χ1) is 7.77. The molecule has 1 aromatic carbocycles. The second kappa shape index (κ2) is 4.50. The van der Waals surface area contributed by atoms with Gasteiger partial charge < -0.3 is 0 Å². The Bertz CT molecular complexity index is 631. The molecule has 2 heterocycles. The Balaban J connectivity index is 0.00000108. The summed E-state index contributed by atoms with van der Waals surface area (Å²) in [5, 5.41) is 2.38. The number of pyridine rings is 2. The van der Waals surface area contributed by atoms with Crippen LogP contribution in [0.5, 0.6) is 0 Å². The predicted molar refractivity (Wildman–Crippen MR) is 66.5 cm³/mol. The molecular weight excluding hydrogens is 297 g/mol. The average molecular weight is 309 g/mol. The topological polar surface area (TPSA) is 25.8 Å². The van der Waals surface area contributed by atoms with Crippen molar-refractivity contribution in [2.75, 3.05) is 0 Å². The van der Waals surface area contributed by atoms with E-state index in [0.717, 1.165) is 11.0 Å². The number of nitrogens with zero attached hydrogens (tertiary/aromatic N) is 2. The summed E-state index contributed by atoms with van der Waals surface area (Å²) in [6.45, 7) is 4.21. The van der Waals surface area contributed by atoms with Gasteiger partial charge in [-0.2, -0.15) is 0 Å². The maximum absolute atomic E-state index is 4.45. The standard InChI is InChI=1S/C14H12N2.Ru/c1-9-5-7-15-13-11(9)3-4-12-10(2)6-8-16-14(12)13;/h3-8H,1-2H3;. The first kappa shape index (κ1) is 12.1. The van der Waals surface area contributed by atoms with E-state index in [-0.39, 0.29) is 19.5 Å². The molecule has 17 heavy (non-hydrogen) atoms. The normalized spacial score (nSPS) is 10.5. The predicted octanol–water partition coefficient (Wildman–Crippen LogP) is 3.40. The molecule has 0 spiro atoms. The van der Waals surface area contributed by atoms with E-state index >= 15 is 0 Å². The summed E-state index contributed by atoms with van der Waals surface area (Å²) in [4.78, 5) is 8.90. The molecule has 0 aliphatic carbocycles. The maximum atomic E-state index is 4.45. The van der Waals surface area contributed by atoms with Crippen molar-refractivity contribution in [3.05, 3.63) is 47.8 Å². The summed E-state index contributed by atoms with van der Waals surface area (Å²) < 4.78 is 0. The molecule has 2 aromatic heterocycles. The van der Waals surface area contributed by atoms with Gasteiger partial charge in [-0.3, -0.25) is 9.97 Å². The molecule has 0 atom stereocenters. The number of rotatable bonds is 0. The molecule has 0 aliphatic heterocycles. The second-order valence-electron chi connectivity index (χ2n) is 4.11. The summed E-state index contributed by atoms with van der Waals surface area (Å²) in [6, 6.07) is 8.33. The van der Waals surface area contributed by atoms with Crippen LogP contribution in [0.1, 0.15) is 11.1 Å². The van der Waals surface area contributed by atoms with Gasteiger partial charge in [-0.1, -0.05) is 12.1 Å². The Morgan fingerprint density at radius 2 is 1.12 bits per heavy atom. The minimum Gasteiger partial charge on any atom is -0.254 e. The van der Waals surface area contributed by atoms with Gasteiger partial charge in [0.1, 0.15) is 0 Å². The first-order valence-electron chi connectivity index (χ1n) is 5.37. The number of hydrogen-bond donors (Lipinski definition) is 0. The van der Waals surface area contributed by atoms with Gasteiger partial charge in [-0.05, 0) is 37.1 Å². The van der Waals surface area contributed by atoms with Crippen molar-refractivity contribution >= 4 is 21.8 Å². The summed E-state index contributed by atoms with van der Waals surface area (Å²) in [7, 11) is 0. The summed E-state index contributed by atoms with van der Waals surface area (Å²) in [6.07, 6.45) is 3.70. The molecule has 0 bridgehead atoms. The van der Waals surface area contributed by atoms with Gasteiger partial charge in [0.15, 0.2) is 0 Å². The maximum Gasteiger partial charge on any atom is 0.0967 e. The number of aryl methyl sites for hydroxylation is 2. The van der Waals surface area contributed by atoms with Crippen LogP contribution in [0, 0.1) is 13.8 Å². The fourth-order valence-electron chi connectivity index (χ4n) is 2.10. The molecule has 3 heteroatoms. The average Bonchev–Trinajstić information content (AvgIpc) is 2.30. The number of hydrogen-bond acceptors (Lipinski definition) is 2. The Labute approximate surface area is 113 Å². The zero-order valence-electron chi connectivity index (χ0n) is 9.71. The van der Waals surface area contributed by atoms with E-state index < -0.39 is 0 Å². The summed E-state index contributed by atoms with van der Waals surface area (Å²) >= 11 is 0. The van der Waals surface area contributed by atoms with Crippen LogP contribution in [0.3, 0.4) is 0 Å². The van der Waals surface area contributed by atoms with E-state index in [1.54, 1.807) is 0 Å². The minimum atomic E-state index is 0. The van der Waals surface area contributed by atoms with Crippen LogP contribution in [0.25, 0.3) is 21.8 Å². The van der Waals surface area contributed by atoms with Crippen molar-refractivity contribution in [3.63, 3.8) is 0 Å². The van der Waals surface area contributed by atoms with Crippen molar-refractivity contribution < 1.29 is 19.5 Å². The van der Waals surface area contributed by atoms with Gasteiger partial charge in [0, 0.05) is 42.6 Å². The molecule has 86 valence electrons. The van der Waals surface area contributed by atoms with Crippen LogP contribution in [0.15, 0.2) is 36.7 Å². The third-order valence-corrected chi connectivity index (χ3v) is 3.06. The van der Waals surface area contributed by atoms with Gasteiger partial charge in [-0.25, -0.2) is 0 Å². The zero-order valence-corrected chi connectivity index (χ0v) is 11.5. The van der Waals surface area contributed by atoms with Crippen molar-refractivity contribution in [2.24, 2.45) is 0 Å². The van der Waals surface area contributed by atoms with E-state index in [4.69, 9.17) is 0 Å². The van der Waals surface area contributed by atoms with Crippen LogP contribution in [0.4, 0.5) is 0 Å². The van der Waals surface area contributed by atoms with Crippen molar-refractivity contribution in [3.8, 4) is 0 Å². The third kappa shape index (κ3) is 1.85. The molecule has 0 unspecified atom stereocenters. The Kier molecular flexibility index (Phi) is 3.21. The van der Waals surface area contributed by atoms with Crippen LogP contribution in [0.2, 0.25) is 0 Å². The van der Waals surface area contributed by atoms with Crippen molar-refractivity contribution in [2.45, 2.75) is 13.8 Å². The van der Waals surface area contributed by atoms with Gasteiger partial charge in [0.2, 0.25) is 0 Å². The molecule has 0 amide bonds. The van der Waals surface area contributed by atoms with Crippen molar-refractivity contribution in [1.82, 2.24) is 9.97 Å². The summed E-state index contributed by atoms with van der Waals surface area (Å²) in [5.74, 6) is 0. The minimum absolute atomic E-state index is 0. The molecular formula is C14H12N2Ru. The molecule has 3 aromatic rings. The Hall–Kier alpha value is -1.34. The fourth-order valence-corrected chi connectivity index (χ4v) is 2.10. The number of fused-ring (bicyclic) bond motifs is 3. The number of benzene rings is 1. The smallest absolute Gasteiger partial charge is 0.0967 e. The van der Waals surface area contributed by atoms with E-state index in [1.165, 1.54) is 21.9 Å². The van der Waals surface area contributed by atoms with E-state index in [2.05, 4.69) is 35.9 Å². The molecule has 0 saturated carbocycles. The van der Waals surface area contributed by atoms with E-state index in [9.17, 15) is 0 Å². The van der Waals surface area contributed by atoms with Gasteiger partial charge >= 0.3 is 0 Å². The fraction of sp³-hybridized carbons (Fsp3) is 0.143. The Morgan fingerprint density at radius 3 is 1.53 bits per heavy atom. The second-order valence-corrected chi connectivity index (χ2v) is 4.11. The molecule has 0 saturated heterocycles. The number of aromatic nitrogens is 2. The molecule has 0 radical (unpaired) electrons. The molecule has 3 rings (SSSR count). The van der Waals surface area contributed by atoms with Gasteiger partial charge in [-0.15, -0.1) is 0 Å². The first-order valence-corrected chi connectivity index (χ1v) is 5.37. The molecule has 0 fully saturated rings. The van der Waals surface area contributed by atoms with Gasteiger partial charge in [0.25, 0.3) is 0 Å². The Morgan fingerprint density at radius 1 is 0.706 bits per heavy atom. The van der Waals surface area contributed by atoms with Crippen LogP contribution in [-0.2, 0) is 19.5 Å². The third-order valence-electron chi connectivity index (χ3n) is 3.06. The SMILES string of the molecule is Cc1ccnc2c1ccc1c(C)ccnc12.[Ru]. The van der Waals surface area contributed by atoms with Gasteiger partial charge in [0.05, 0.1) is 11.0 Å². The largest absolute Gasteiger partial charge is 0.254 e. The molecule has 2 nitrogen and oxygen atoms in total. The van der Waals surface area contributed by atoms with E-state index in [0.29, 0.717) is 0 Å². The molecule has 0 N–H and O–H groups in total. The quantitative estimate of drug-likeness (QED) is 0.470. The molecule has 0 aliphatic rings. The van der Waals surface area contributed by atoms with Crippen LogP contribution < -0.4 is 0 Å².